The Hall–Kier alpha value is -2.14. The second kappa shape index (κ2) is 8.11. The third-order valence-corrected chi connectivity index (χ3v) is 4.31. The number of thiol groups is 1. The predicted molar refractivity (Wildman–Crippen MR) is 99.2 cm³/mol. The quantitative estimate of drug-likeness (QED) is 0.793. The predicted octanol–water partition coefficient (Wildman–Crippen LogP) is 4.34. The van der Waals surface area contributed by atoms with Gasteiger partial charge < -0.3 is 14.8 Å². The van der Waals surface area contributed by atoms with Crippen LogP contribution >= 0.6 is 12.6 Å². The molecule has 0 heterocycles. The Bertz CT molecular complexity index is 744. The van der Waals surface area contributed by atoms with E-state index in [2.05, 4.69) is 37.9 Å². The molecule has 24 heavy (non-hydrogen) atoms. The molecule has 2 aromatic rings. The maximum atomic E-state index is 11.6. The van der Waals surface area contributed by atoms with Gasteiger partial charge in [0.2, 0.25) is 0 Å². The number of rotatable bonds is 5. The summed E-state index contributed by atoms with van der Waals surface area (Å²) >= 11 is 4.36. The van der Waals surface area contributed by atoms with Crippen LogP contribution in [0.25, 0.3) is 0 Å². The first kappa shape index (κ1) is 18.2. The first-order chi connectivity index (χ1) is 11.5. The van der Waals surface area contributed by atoms with E-state index in [0.717, 1.165) is 22.4 Å². The van der Waals surface area contributed by atoms with E-state index >= 15 is 0 Å². The summed E-state index contributed by atoms with van der Waals surface area (Å²) in [5.41, 5.74) is 5.30. The molecule has 5 heteroatoms. The summed E-state index contributed by atoms with van der Waals surface area (Å²) in [5.74, 6) is 1.86. The maximum Gasteiger partial charge on any atom is 0.412 e. The molecule has 2 aromatic carbocycles. The zero-order chi connectivity index (χ0) is 17.7. The Morgan fingerprint density at radius 2 is 1.79 bits per heavy atom. The SMILES string of the molecule is CNC(=O)Oc1cccc(CS)c1COc1cc(C)c(C)cc1C. The summed E-state index contributed by atoms with van der Waals surface area (Å²) in [4.78, 5) is 11.6. The highest BCUT2D eigenvalue weighted by molar-refractivity contribution is 7.79. The molecule has 1 N–H and O–H groups in total. The molecule has 0 unspecified atom stereocenters. The van der Waals surface area contributed by atoms with E-state index in [9.17, 15) is 4.79 Å². The van der Waals surface area contributed by atoms with Gasteiger partial charge in [0.1, 0.15) is 18.1 Å². The molecule has 0 radical (unpaired) electrons. The molecular formula is C19H23NO3S. The normalized spacial score (nSPS) is 10.4. The molecule has 0 bridgehead atoms. The van der Waals surface area contributed by atoms with Crippen LogP contribution in [-0.2, 0) is 12.4 Å². The van der Waals surface area contributed by atoms with E-state index in [-0.39, 0.29) is 0 Å². The minimum atomic E-state index is -0.505. The lowest BCUT2D eigenvalue weighted by Crippen LogP contribution is -2.23. The molecule has 0 saturated carbocycles. The number of aryl methyl sites for hydroxylation is 3. The Balaban J connectivity index is 2.28. The molecule has 0 spiro atoms. The van der Waals surface area contributed by atoms with Crippen molar-refractivity contribution in [3.8, 4) is 11.5 Å². The number of amides is 1. The van der Waals surface area contributed by atoms with Crippen LogP contribution in [0.3, 0.4) is 0 Å². The number of hydrogen-bond donors (Lipinski definition) is 2. The number of ether oxygens (including phenoxy) is 2. The smallest absolute Gasteiger partial charge is 0.412 e. The molecule has 0 aliphatic heterocycles. The Morgan fingerprint density at radius 3 is 2.46 bits per heavy atom. The van der Waals surface area contributed by atoms with Crippen molar-refractivity contribution in [2.45, 2.75) is 33.1 Å². The van der Waals surface area contributed by atoms with Gasteiger partial charge in [-0.25, -0.2) is 4.79 Å². The molecule has 2 rings (SSSR count). The van der Waals surface area contributed by atoms with Crippen molar-refractivity contribution < 1.29 is 14.3 Å². The summed E-state index contributed by atoms with van der Waals surface area (Å²) < 4.78 is 11.3. The summed E-state index contributed by atoms with van der Waals surface area (Å²) in [6, 6.07) is 9.70. The van der Waals surface area contributed by atoms with Crippen LogP contribution in [0.1, 0.15) is 27.8 Å². The first-order valence-electron chi connectivity index (χ1n) is 7.78. The maximum absolute atomic E-state index is 11.6. The van der Waals surface area contributed by atoms with Crippen LogP contribution in [0.2, 0.25) is 0 Å². The lowest BCUT2D eigenvalue weighted by molar-refractivity contribution is 0.201. The van der Waals surface area contributed by atoms with E-state index in [4.69, 9.17) is 9.47 Å². The number of hydrogen-bond acceptors (Lipinski definition) is 4. The van der Waals surface area contributed by atoms with Gasteiger partial charge >= 0.3 is 6.09 Å². The van der Waals surface area contributed by atoms with Crippen LogP contribution in [0.15, 0.2) is 30.3 Å². The van der Waals surface area contributed by atoms with Crippen LogP contribution in [-0.4, -0.2) is 13.1 Å². The fourth-order valence-corrected chi connectivity index (χ4v) is 2.71. The minimum absolute atomic E-state index is 0.312. The highest BCUT2D eigenvalue weighted by Crippen LogP contribution is 2.28. The van der Waals surface area contributed by atoms with Crippen molar-refractivity contribution in [1.82, 2.24) is 5.32 Å². The molecule has 1 amide bonds. The largest absolute Gasteiger partial charge is 0.488 e. The van der Waals surface area contributed by atoms with E-state index < -0.39 is 6.09 Å². The first-order valence-corrected chi connectivity index (χ1v) is 8.41. The number of carbonyl (C=O) groups is 1. The van der Waals surface area contributed by atoms with Crippen molar-refractivity contribution in [2.75, 3.05) is 7.05 Å². The van der Waals surface area contributed by atoms with Crippen LogP contribution in [0.4, 0.5) is 4.79 Å². The zero-order valence-electron chi connectivity index (χ0n) is 14.5. The van der Waals surface area contributed by atoms with Crippen molar-refractivity contribution in [3.05, 3.63) is 58.1 Å². The van der Waals surface area contributed by atoms with Gasteiger partial charge in [-0.2, -0.15) is 12.6 Å². The summed E-state index contributed by atoms with van der Waals surface area (Å²) in [5, 5.41) is 2.45. The van der Waals surface area contributed by atoms with Gasteiger partial charge in [-0.15, -0.1) is 0 Å². The van der Waals surface area contributed by atoms with Gasteiger partial charge in [-0.05, 0) is 55.2 Å². The lowest BCUT2D eigenvalue weighted by atomic mass is 10.1. The van der Waals surface area contributed by atoms with Gasteiger partial charge in [0.15, 0.2) is 0 Å². The summed E-state index contributed by atoms with van der Waals surface area (Å²) in [6.45, 7) is 6.47. The molecule has 128 valence electrons. The molecular weight excluding hydrogens is 322 g/mol. The van der Waals surface area contributed by atoms with Gasteiger partial charge in [0.25, 0.3) is 0 Å². The van der Waals surface area contributed by atoms with Gasteiger partial charge in [0, 0.05) is 18.4 Å². The molecule has 0 fully saturated rings. The lowest BCUT2D eigenvalue weighted by Gasteiger charge is -2.16. The molecule has 0 saturated heterocycles. The summed E-state index contributed by atoms with van der Waals surface area (Å²) in [7, 11) is 1.53. The second-order valence-electron chi connectivity index (χ2n) is 5.68. The van der Waals surface area contributed by atoms with E-state index in [0.29, 0.717) is 18.1 Å². The van der Waals surface area contributed by atoms with Crippen molar-refractivity contribution in [2.24, 2.45) is 0 Å². The molecule has 0 aromatic heterocycles. The highest BCUT2D eigenvalue weighted by Gasteiger charge is 2.13. The van der Waals surface area contributed by atoms with Crippen molar-refractivity contribution in [3.63, 3.8) is 0 Å². The fraction of sp³-hybridized carbons (Fsp3) is 0.316. The van der Waals surface area contributed by atoms with Gasteiger partial charge in [0.05, 0.1) is 0 Å². The van der Waals surface area contributed by atoms with Crippen molar-refractivity contribution in [1.29, 1.82) is 0 Å². The minimum Gasteiger partial charge on any atom is -0.488 e. The standard InChI is InChI=1S/C19H23NO3S/c1-12-8-14(3)18(9-13(12)2)22-10-16-15(11-24)6-5-7-17(16)23-19(21)20-4/h5-9,24H,10-11H2,1-4H3,(H,20,21). The third kappa shape index (κ3) is 4.23. The second-order valence-corrected chi connectivity index (χ2v) is 6.00. The molecule has 4 nitrogen and oxygen atoms in total. The number of carbonyl (C=O) groups excluding carboxylic acids is 1. The molecule has 0 aliphatic rings. The molecule has 0 aliphatic carbocycles. The Kier molecular flexibility index (Phi) is 6.15. The topological polar surface area (TPSA) is 47.6 Å². The number of nitrogens with one attached hydrogen (secondary N) is 1. The highest BCUT2D eigenvalue weighted by atomic mass is 32.1. The average Bonchev–Trinajstić information content (AvgIpc) is 2.57. The molecule has 0 atom stereocenters. The fourth-order valence-electron chi connectivity index (χ4n) is 2.41. The Labute approximate surface area is 148 Å². The Morgan fingerprint density at radius 1 is 1.08 bits per heavy atom. The van der Waals surface area contributed by atoms with E-state index in [1.54, 1.807) is 6.07 Å². The zero-order valence-corrected chi connectivity index (χ0v) is 15.4. The number of benzene rings is 2. The van der Waals surface area contributed by atoms with Crippen LogP contribution < -0.4 is 14.8 Å². The van der Waals surface area contributed by atoms with Gasteiger partial charge in [-0.3, -0.25) is 0 Å². The van der Waals surface area contributed by atoms with Crippen molar-refractivity contribution >= 4 is 18.7 Å². The van der Waals surface area contributed by atoms with E-state index in [1.165, 1.54) is 18.2 Å². The van der Waals surface area contributed by atoms with E-state index in [1.807, 2.05) is 25.1 Å². The van der Waals surface area contributed by atoms with Gasteiger partial charge in [-0.1, -0.05) is 18.2 Å². The summed E-state index contributed by atoms with van der Waals surface area (Å²) in [6.07, 6.45) is -0.505. The third-order valence-electron chi connectivity index (χ3n) is 3.97. The van der Waals surface area contributed by atoms with Crippen LogP contribution in [0, 0.1) is 20.8 Å². The average molecular weight is 345 g/mol. The van der Waals surface area contributed by atoms with Crippen LogP contribution in [0.5, 0.6) is 11.5 Å². The monoisotopic (exact) mass is 345 g/mol.